The molecule has 6 heteroatoms. The number of halogens is 3. The fraction of sp³-hybridized carbons (Fsp3) is 0.462. The molecular weight excluding hydrogens is 309 g/mol. The molecule has 0 amide bonds. The Bertz CT molecular complexity index is 452. The largest absolute Gasteiger partial charge is 0.466 e. The van der Waals surface area contributed by atoms with Crippen LogP contribution in [-0.4, -0.2) is 19.1 Å². The minimum absolute atomic E-state index is 0.0308. The Morgan fingerprint density at radius 3 is 2.63 bits per heavy atom. The van der Waals surface area contributed by atoms with E-state index >= 15 is 0 Å². The smallest absolute Gasteiger partial charge is 0.307 e. The van der Waals surface area contributed by atoms with Crippen LogP contribution in [0.4, 0.5) is 0 Å². The van der Waals surface area contributed by atoms with E-state index in [9.17, 15) is 4.79 Å². The lowest BCUT2D eigenvalue weighted by atomic mass is 10.1. The first-order valence-electron chi connectivity index (χ1n) is 5.99. The summed E-state index contributed by atoms with van der Waals surface area (Å²) in [6.07, 6.45) is 0.317. The lowest BCUT2D eigenvalue weighted by Crippen LogP contribution is -2.23. The first-order valence-corrected chi connectivity index (χ1v) is 7.13. The minimum atomic E-state index is -0.220. The molecule has 106 valence electrons. The van der Waals surface area contributed by atoms with Gasteiger partial charge in [0, 0.05) is 12.6 Å². The van der Waals surface area contributed by atoms with E-state index in [1.165, 1.54) is 0 Å². The predicted octanol–water partition coefficient (Wildman–Crippen LogP) is 4.25. The van der Waals surface area contributed by atoms with Gasteiger partial charge in [-0.1, -0.05) is 40.9 Å². The van der Waals surface area contributed by atoms with Gasteiger partial charge in [-0.25, -0.2) is 0 Å². The molecule has 0 aliphatic heterocycles. The maximum Gasteiger partial charge on any atom is 0.307 e. The summed E-state index contributed by atoms with van der Waals surface area (Å²) in [4.78, 5) is 11.2. The molecule has 0 aromatic heterocycles. The van der Waals surface area contributed by atoms with E-state index in [0.717, 1.165) is 5.56 Å². The molecule has 0 aliphatic rings. The zero-order valence-corrected chi connectivity index (χ0v) is 13.1. The zero-order chi connectivity index (χ0) is 14.4. The molecular formula is C13H16Cl3NO2. The average molecular weight is 325 g/mol. The van der Waals surface area contributed by atoms with E-state index in [1.807, 2.05) is 13.0 Å². The highest BCUT2D eigenvalue weighted by Gasteiger charge is 2.14. The first-order chi connectivity index (χ1) is 8.97. The van der Waals surface area contributed by atoms with Gasteiger partial charge in [0.15, 0.2) is 0 Å². The van der Waals surface area contributed by atoms with Crippen molar-refractivity contribution in [2.45, 2.75) is 26.3 Å². The minimum Gasteiger partial charge on any atom is -0.466 e. The molecule has 1 N–H and O–H groups in total. The summed E-state index contributed by atoms with van der Waals surface area (Å²) in [5, 5.41) is 4.40. The monoisotopic (exact) mass is 323 g/mol. The molecule has 1 rings (SSSR count). The Hall–Kier alpha value is -0.480. The van der Waals surface area contributed by atoms with E-state index in [0.29, 0.717) is 34.6 Å². The number of benzene rings is 1. The average Bonchev–Trinajstić information content (AvgIpc) is 2.36. The molecule has 1 aromatic rings. The standard InChI is InChI=1S/C13H16Cl3NO2/c1-3-19-11(18)6-7-17-8(2)9-4-5-10(14)13(16)12(9)15/h4-5,8,17H,3,6-7H2,1-2H3. The molecule has 0 saturated heterocycles. The van der Waals surface area contributed by atoms with Gasteiger partial charge in [-0.2, -0.15) is 0 Å². The number of carbonyl (C=O) groups excluding carboxylic acids is 1. The molecule has 0 radical (unpaired) electrons. The van der Waals surface area contributed by atoms with E-state index < -0.39 is 0 Å². The van der Waals surface area contributed by atoms with Crippen molar-refractivity contribution < 1.29 is 9.53 Å². The molecule has 0 aliphatic carbocycles. The summed E-state index contributed by atoms with van der Waals surface area (Å²) < 4.78 is 4.84. The van der Waals surface area contributed by atoms with Crippen molar-refractivity contribution in [3.63, 3.8) is 0 Å². The molecule has 3 nitrogen and oxygen atoms in total. The van der Waals surface area contributed by atoms with Gasteiger partial charge in [0.2, 0.25) is 0 Å². The van der Waals surface area contributed by atoms with E-state index in [1.54, 1.807) is 13.0 Å². The van der Waals surface area contributed by atoms with Crippen molar-refractivity contribution in [3.05, 3.63) is 32.8 Å². The van der Waals surface area contributed by atoms with Crippen LogP contribution in [0.15, 0.2) is 12.1 Å². The van der Waals surface area contributed by atoms with Crippen LogP contribution in [0.5, 0.6) is 0 Å². The molecule has 1 unspecified atom stereocenters. The zero-order valence-electron chi connectivity index (χ0n) is 10.8. The molecule has 0 bridgehead atoms. The van der Waals surface area contributed by atoms with Crippen molar-refractivity contribution in [3.8, 4) is 0 Å². The van der Waals surface area contributed by atoms with Crippen LogP contribution in [0.2, 0.25) is 15.1 Å². The molecule has 0 spiro atoms. The van der Waals surface area contributed by atoms with Crippen molar-refractivity contribution >= 4 is 40.8 Å². The fourth-order valence-corrected chi connectivity index (χ4v) is 2.32. The first kappa shape index (κ1) is 16.6. The second-order valence-corrected chi connectivity index (χ2v) is 5.16. The number of hydrogen-bond acceptors (Lipinski definition) is 3. The van der Waals surface area contributed by atoms with Crippen molar-refractivity contribution in [1.29, 1.82) is 0 Å². The number of esters is 1. The maximum atomic E-state index is 11.2. The van der Waals surface area contributed by atoms with Gasteiger partial charge in [0.05, 0.1) is 28.1 Å². The summed E-state index contributed by atoms with van der Waals surface area (Å²) in [5.41, 5.74) is 0.847. The summed E-state index contributed by atoms with van der Waals surface area (Å²) >= 11 is 18.0. The molecule has 1 atom stereocenters. The molecule has 1 aromatic carbocycles. The third-order valence-corrected chi connectivity index (χ3v) is 3.92. The fourth-order valence-electron chi connectivity index (χ4n) is 1.61. The highest BCUT2D eigenvalue weighted by Crippen LogP contribution is 2.35. The maximum absolute atomic E-state index is 11.2. The number of ether oxygens (including phenoxy) is 1. The Morgan fingerprint density at radius 2 is 2.00 bits per heavy atom. The van der Waals surface area contributed by atoms with Gasteiger partial charge >= 0.3 is 5.97 Å². The highest BCUT2D eigenvalue weighted by molar-refractivity contribution is 6.48. The van der Waals surface area contributed by atoms with Crippen LogP contribution < -0.4 is 5.32 Å². The number of nitrogens with one attached hydrogen (secondary N) is 1. The second-order valence-electron chi connectivity index (χ2n) is 4.00. The molecule has 0 heterocycles. The third kappa shape index (κ3) is 4.84. The number of hydrogen-bond donors (Lipinski definition) is 1. The van der Waals surface area contributed by atoms with Gasteiger partial charge in [-0.15, -0.1) is 0 Å². The van der Waals surface area contributed by atoms with Crippen LogP contribution in [-0.2, 0) is 9.53 Å². The summed E-state index contributed by atoms with van der Waals surface area (Å²) in [6.45, 7) is 4.63. The molecule has 0 fully saturated rings. The highest BCUT2D eigenvalue weighted by atomic mass is 35.5. The topological polar surface area (TPSA) is 38.3 Å². The summed E-state index contributed by atoms with van der Waals surface area (Å²) in [7, 11) is 0. The van der Waals surface area contributed by atoms with Crippen LogP contribution in [0.1, 0.15) is 31.9 Å². The van der Waals surface area contributed by atoms with Crippen LogP contribution >= 0.6 is 34.8 Å². The Balaban J connectivity index is 2.57. The SMILES string of the molecule is CCOC(=O)CCNC(C)c1ccc(Cl)c(Cl)c1Cl. The van der Waals surface area contributed by atoms with Gasteiger partial charge in [-0.05, 0) is 25.5 Å². The Morgan fingerprint density at radius 1 is 1.32 bits per heavy atom. The number of rotatable bonds is 6. The van der Waals surface area contributed by atoms with Gasteiger partial charge in [0.1, 0.15) is 0 Å². The third-order valence-electron chi connectivity index (χ3n) is 2.62. The quantitative estimate of drug-likeness (QED) is 0.628. The van der Waals surface area contributed by atoms with E-state index in [2.05, 4.69) is 5.32 Å². The lowest BCUT2D eigenvalue weighted by Gasteiger charge is -2.16. The van der Waals surface area contributed by atoms with E-state index in [4.69, 9.17) is 39.5 Å². The normalized spacial score (nSPS) is 12.3. The van der Waals surface area contributed by atoms with Crippen molar-refractivity contribution in [1.82, 2.24) is 5.32 Å². The Labute approximate surface area is 128 Å². The van der Waals surface area contributed by atoms with Crippen LogP contribution in [0.25, 0.3) is 0 Å². The lowest BCUT2D eigenvalue weighted by molar-refractivity contribution is -0.143. The summed E-state index contributed by atoms with van der Waals surface area (Å²) in [5.74, 6) is -0.220. The van der Waals surface area contributed by atoms with Crippen LogP contribution in [0, 0.1) is 0 Å². The van der Waals surface area contributed by atoms with Crippen molar-refractivity contribution in [2.75, 3.05) is 13.2 Å². The molecule has 0 saturated carbocycles. The van der Waals surface area contributed by atoms with E-state index in [-0.39, 0.29) is 12.0 Å². The predicted molar refractivity (Wildman–Crippen MR) is 79.1 cm³/mol. The Kier molecular flexibility index (Phi) is 6.94. The van der Waals surface area contributed by atoms with Crippen molar-refractivity contribution in [2.24, 2.45) is 0 Å². The van der Waals surface area contributed by atoms with Gasteiger partial charge in [-0.3, -0.25) is 4.79 Å². The summed E-state index contributed by atoms with van der Waals surface area (Å²) in [6, 6.07) is 3.49. The second kappa shape index (κ2) is 7.95. The van der Waals surface area contributed by atoms with Gasteiger partial charge < -0.3 is 10.1 Å². The number of carbonyl (C=O) groups is 1. The molecule has 19 heavy (non-hydrogen) atoms. The van der Waals surface area contributed by atoms with Gasteiger partial charge in [0.25, 0.3) is 0 Å². The van der Waals surface area contributed by atoms with Crippen LogP contribution in [0.3, 0.4) is 0 Å².